The van der Waals surface area contributed by atoms with Gasteiger partial charge in [0.25, 0.3) is 0 Å². The summed E-state index contributed by atoms with van der Waals surface area (Å²) in [7, 11) is 0. The summed E-state index contributed by atoms with van der Waals surface area (Å²) in [4.78, 5) is 14.9. The molecule has 0 aliphatic rings. The Kier molecular flexibility index (Phi) is 3.66. The first-order valence-corrected chi connectivity index (χ1v) is 5.08. The molecular formula is C11H17N3O. The second-order valence-electron chi connectivity index (χ2n) is 3.53. The maximum absolute atomic E-state index is 11.0. The van der Waals surface area contributed by atoms with E-state index in [0.717, 1.165) is 19.4 Å². The summed E-state index contributed by atoms with van der Waals surface area (Å²) in [6, 6.07) is 0. The van der Waals surface area contributed by atoms with Gasteiger partial charge in [-0.2, -0.15) is 4.99 Å². The molecule has 0 fully saturated rings. The molecule has 0 saturated heterocycles. The molecule has 0 radical (unpaired) electrons. The van der Waals surface area contributed by atoms with Crippen LogP contribution in [-0.4, -0.2) is 15.7 Å². The molecule has 0 aliphatic heterocycles. The van der Waals surface area contributed by atoms with Crippen molar-refractivity contribution in [3.05, 3.63) is 16.1 Å². The smallest absolute Gasteiger partial charge is 0.244 e. The predicted molar refractivity (Wildman–Crippen MR) is 60.2 cm³/mol. The number of aromatic amines is 1. The Morgan fingerprint density at radius 2 is 2.20 bits per heavy atom. The van der Waals surface area contributed by atoms with E-state index in [1.165, 1.54) is 6.92 Å². The standard InChI is InChI=1S/C11H17N3O/c1-5-6-7-14-11(12-10(4)15)8(2)9(3)13-14/h13H,2-3,5-7H2,1,4H3. The van der Waals surface area contributed by atoms with Gasteiger partial charge in [0.2, 0.25) is 5.91 Å². The van der Waals surface area contributed by atoms with Crippen LogP contribution in [-0.2, 0) is 11.3 Å². The molecule has 1 aromatic rings. The average molecular weight is 207 g/mol. The van der Waals surface area contributed by atoms with Crippen LogP contribution in [0.25, 0.3) is 13.2 Å². The number of nitrogens with zero attached hydrogens (tertiary/aromatic N) is 2. The molecule has 0 aromatic carbocycles. The molecule has 0 unspecified atom stereocenters. The number of nitrogens with one attached hydrogen (secondary N) is 1. The monoisotopic (exact) mass is 207 g/mol. The second-order valence-corrected chi connectivity index (χ2v) is 3.53. The molecule has 0 atom stereocenters. The normalized spacial score (nSPS) is 12.0. The number of carbonyl (C=O) groups excluding carboxylic acids is 1. The maximum Gasteiger partial charge on any atom is 0.244 e. The molecule has 0 saturated carbocycles. The summed E-state index contributed by atoms with van der Waals surface area (Å²) < 4.78 is 1.83. The summed E-state index contributed by atoms with van der Waals surface area (Å²) in [5.41, 5.74) is 0.598. The summed E-state index contributed by atoms with van der Waals surface area (Å²) in [6.07, 6.45) is 2.12. The van der Waals surface area contributed by atoms with Gasteiger partial charge in [0.15, 0.2) is 5.49 Å². The van der Waals surface area contributed by atoms with Crippen LogP contribution in [0.2, 0.25) is 0 Å². The molecule has 0 aliphatic carbocycles. The average Bonchev–Trinajstić information content (AvgIpc) is 2.42. The van der Waals surface area contributed by atoms with E-state index < -0.39 is 0 Å². The lowest BCUT2D eigenvalue weighted by Gasteiger charge is -1.99. The Morgan fingerprint density at radius 1 is 1.53 bits per heavy atom. The van der Waals surface area contributed by atoms with E-state index in [1.807, 2.05) is 4.68 Å². The second kappa shape index (κ2) is 4.77. The molecule has 15 heavy (non-hydrogen) atoms. The topological polar surface area (TPSA) is 50.1 Å². The lowest BCUT2D eigenvalue weighted by atomic mass is 10.3. The van der Waals surface area contributed by atoms with Crippen LogP contribution in [0.3, 0.4) is 0 Å². The minimum absolute atomic E-state index is 0.218. The number of aromatic nitrogens is 2. The van der Waals surface area contributed by atoms with Gasteiger partial charge in [0.05, 0.1) is 5.35 Å². The summed E-state index contributed by atoms with van der Waals surface area (Å²) in [6.45, 7) is 12.0. The van der Waals surface area contributed by atoms with E-state index >= 15 is 0 Å². The van der Waals surface area contributed by atoms with Gasteiger partial charge in [-0.1, -0.05) is 26.5 Å². The third-order valence-electron chi connectivity index (χ3n) is 2.16. The first-order chi connectivity index (χ1) is 7.06. The fourth-order valence-electron chi connectivity index (χ4n) is 1.34. The van der Waals surface area contributed by atoms with Crippen LogP contribution in [0.4, 0.5) is 0 Å². The highest BCUT2D eigenvalue weighted by atomic mass is 16.1. The number of unbranched alkanes of at least 4 members (excludes halogenated alkanes) is 1. The van der Waals surface area contributed by atoms with Crippen molar-refractivity contribution in [3.8, 4) is 0 Å². The largest absolute Gasteiger partial charge is 0.297 e. The lowest BCUT2D eigenvalue weighted by Crippen LogP contribution is -2.34. The van der Waals surface area contributed by atoms with E-state index in [1.54, 1.807) is 0 Å². The molecule has 1 rings (SSSR count). The van der Waals surface area contributed by atoms with Crippen molar-refractivity contribution in [1.82, 2.24) is 9.78 Å². The van der Waals surface area contributed by atoms with E-state index in [9.17, 15) is 4.79 Å². The van der Waals surface area contributed by atoms with E-state index in [2.05, 4.69) is 30.2 Å². The number of H-pyrrole nitrogens is 1. The van der Waals surface area contributed by atoms with E-state index in [-0.39, 0.29) is 5.91 Å². The molecule has 1 N–H and O–H groups in total. The highest BCUT2D eigenvalue weighted by Crippen LogP contribution is 1.87. The number of hydrogen-bond donors (Lipinski definition) is 1. The highest BCUT2D eigenvalue weighted by molar-refractivity contribution is 5.73. The minimum atomic E-state index is -0.218. The van der Waals surface area contributed by atoms with Gasteiger partial charge in [-0.05, 0) is 6.42 Å². The number of rotatable bonds is 3. The molecule has 0 bridgehead atoms. The Morgan fingerprint density at radius 3 is 2.73 bits per heavy atom. The van der Waals surface area contributed by atoms with Gasteiger partial charge >= 0.3 is 0 Å². The SMILES string of the molecule is C=c1[nH]n(CCCC)c(=NC(C)=O)c1=C. The van der Waals surface area contributed by atoms with Crippen LogP contribution >= 0.6 is 0 Å². The van der Waals surface area contributed by atoms with Crippen molar-refractivity contribution in [1.29, 1.82) is 0 Å². The molecule has 1 aromatic heterocycles. The summed E-state index contributed by atoms with van der Waals surface area (Å²) in [5, 5.41) is 4.46. The fraction of sp³-hybridized carbons (Fsp3) is 0.455. The third-order valence-corrected chi connectivity index (χ3v) is 2.16. The molecular weight excluding hydrogens is 190 g/mol. The quantitative estimate of drug-likeness (QED) is 0.738. The van der Waals surface area contributed by atoms with Gasteiger partial charge in [-0.25, -0.2) is 0 Å². The Labute approximate surface area is 88.6 Å². The van der Waals surface area contributed by atoms with Crippen molar-refractivity contribution in [2.24, 2.45) is 4.99 Å². The molecule has 0 spiro atoms. The zero-order valence-corrected chi connectivity index (χ0v) is 9.34. The van der Waals surface area contributed by atoms with Crippen LogP contribution in [0.5, 0.6) is 0 Å². The Bertz CT molecular complexity index is 507. The Hall–Kier alpha value is -1.58. The van der Waals surface area contributed by atoms with Crippen molar-refractivity contribution < 1.29 is 4.79 Å². The van der Waals surface area contributed by atoms with Crippen molar-refractivity contribution in [3.63, 3.8) is 0 Å². The van der Waals surface area contributed by atoms with Crippen molar-refractivity contribution >= 4 is 19.1 Å². The number of amides is 1. The van der Waals surface area contributed by atoms with Crippen LogP contribution in [0, 0.1) is 0 Å². The number of aryl methyl sites for hydroxylation is 1. The first kappa shape index (κ1) is 11.5. The van der Waals surface area contributed by atoms with Crippen molar-refractivity contribution in [2.45, 2.75) is 33.2 Å². The highest BCUT2D eigenvalue weighted by Gasteiger charge is 1.99. The summed E-state index contributed by atoms with van der Waals surface area (Å²) in [5.74, 6) is -0.218. The number of hydrogen-bond acceptors (Lipinski definition) is 1. The predicted octanol–water partition coefficient (Wildman–Crippen LogP) is -0.116. The van der Waals surface area contributed by atoms with Gasteiger partial charge in [0.1, 0.15) is 0 Å². The van der Waals surface area contributed by atoms with Crippen LogP contribution in [0.1, 0.15) is 26.7 Å². The Balaban J connectivity index is 3.28. The number of carbonyl (C=O) groups is 1. The van der Waals surface area contributed by atoms with Gasteiger partial charge in [0, 0.05) is 18.7 Å². The van der Waals surface area contributed by atoms with Gasteiger partial charge < -0.3 is 0 Å². The molecule has 4 heteroatoms. The summed E-state index contributed by atoms with van der Waals surface area (Å²) >= 11 is 0. The zero-order valence-electron chi connectivity index (χ0n) is 9.34. The van der Waals surface area contributed by atoms with E-state index in [0.29, 0.717) is 16.1 Å². The minimum Gasteiger partial charge on any atom is -0.297 e. The van der Waals surface area contributed by atoms with Gasteiger partial charge in [-0.3, -0.25) is 14.6 Å². The third kappa shape index (κ3) is 2.68. The molecule has 82 valence electrons. The zero-order chi connectivity index (χ0) is 11.4. The molecule has 4 nitrogen and oxygen atoms in total. The van der Waals surface area contributed by atoms with Gasteiger partial charge in [-0.15, -0.1) is 0 Å². The van der Waals surface area contributed by atoms with Crippen LogP contribution < -0.4 is 16.1 Å². The fourth-order valence-corrected chi connectivity index (χ4v) is 1.34. The van der Waals surface area contributed by atoms with E-state index in [4.69, 9.17) is 0 Å². The first-order valence-electron chi connectivity index (χ1n) is 5.08. The van der Waals surface area contributed by atoms with Crippen molar-refractivity contribution in [2.75, 3.05) is 0 Å². The lowest BCUT2D eigenvalue weighted by molar-refractivity contribution is -0.116. The van der Waals surface area contributed by atoms with Crippen LogP contribution in [0.15, 0.2) is 4.99 Å². The molecule has 1 amide bonds. The molecule has 1 heterocycles. The maximum atomic E-state index is 11.0.